The molecular weight excluding hydrogens is 645 g/mol. The van der Waals surface area contributed by atoms with E-state index in [0.29, 0.717) is 68.3 Å². The van der Waals surface area contributed by atoms with Crippen molar-refractivity contribution >= 4 is 70.0 Å². The monoisotopic (exact) mass is 692 g/mol. The lowest BCUT2D eigenvalue weighted by Crippen LogP contribution is -2.31. The maximum absolute atomic E-state index is 13.6. The van der Waals surface area contributed by atoms with Gasteiger partial charge in [0.2, 0.25) is 0 Å². The second kappa shape index (κ2) is 16.0. The Morgan fingerprint density at radius 2 is 1.04 bits per heavy atom. The van der Waals surface area contributed by atoms with Crippen molar-refractivity contribution in [3.8, 4) is 0 Å². The van der Waals surface area contributed by atoms with Crippen molar-refractivity contribution in [2.45, 2.75) is 62.2 Å². The maximum Gasteiger partial charge on any atom is 0.255 e. The topological polar surface area (TPSA) is 234 Å². The zero-order chi connectivity index (χ0) is 35.8. The van der Waals surface area contributed by atoms with Crippen molar-refractivity contribution in [3.63, 3.8) is 0 Å². The number of anilines is 4. The van der Waals surface area contributed by atoms with Crippen LogP contribution in [-0.4, -0.2) is 48.3 Å². The first kappa shape index (κ1) is 37.9. The summed E-state index contributed by atoms with van der Waals surface area (Å²) in [5, 5.41) is 26.4. The Morgan fingerprint density at radius 1 is 0.667 bits per heavy atom. The Morgan fingerprint density at radius 3 is 1.38 bits per heavy atom. The zero-order valence-corrected chi connectivity index (χ0v) is 30.0. The van der Waals surface area contributed by atoms with Gasteiger partial charge in [-0.15, -0.1) is 23.5 Å². The van der Waals surface area contributed by atoms with Crippen LogP contribution >= 0.6 is 23.5 Å². The van der Waals surface area contributed by atoms with Crippen molar-refractivity contribution < 1.29 is 9.59 Å². The number of carbonyl (C=O) groups is 2. The molecule has 0 heterocycles. The van der Waals surface area contributed by atoms with E-state index in [9.17, 15) is 9.59 Å². The van der Waals surface area contributed by atoms with Gasteiger partial charge in [-0.2, -0.15) is 0 Å². The Labute approximate surface area is 291 Å². The molecule has 0 bridgehead atoms. The van der Waals surface area contributed by atoms with E-state index in [0.717, 1.165) is 11.1 Å². The average molecular weight is 693 g/mol. The highest BCUT2D eigenvalue weighted by Gasteiger charge is 2.22. The van der Waals surface area contributed by atoms with Gasteiger partial charge in [0.25, 0.3) is 11.8 Å². The van der Waals surface area contributed by atoms with E-state index in [1.807, 2.05) is 24.3 Å². The molecule has 0 saturated heterocycles. The summed E-state index contributed by atoms with van der Waals surface area (Å²) in [6.07, 6.45) is 0. The van der Waals surface area contributed by atoms with Crippen molar-refractivity contribution in [1.82, 2.24) is 10.6 Å². The number of hydrogen-bond acceptors (Lipinski definition) is 8. The first-order valence-electron chi connectivity index (χ1n) is 15.4. The molecule has 0 aliphatic heterocycles. The van der Waals surface area contributed by atoms with Crippen LogP contribution in [0.5, 0.6) is 0 Å². The third-order valence-corrected chi connectivity index (χ3v) is 9.48. The molecule has 0 aliphatic rings. The fourth-order valence-electron chi connectivity index (χ4n) is 4.54. The van der Waals surface area contributed by atoms with Gasteiger partial charge in [-0.05, 0) is 64.4 Å². The standard InChI is InChI=1S/C34H48N10O2S2/c1-33(2,3)21-15-23(35)27(47-12-10-41-31(37)38)25(17-21)43-29(45)19-8-7-9-20(14-19)30(46)44-26-18-22(34(4,5)6)16-24(36)28(26)48-13-11-42-32(39)40/h7-9,14-18H,10-13,35-36H2,1-6H3,(H,43,45)(H,44,46)(H4,37,38,41)(H4,39,40,42). The molecule has 14 N–H and O–H groups in total. The van der Waals surface area contributed by atoms with Crippen LogP contribution in [0.25, 0.3) is 0 Å². The van der Waals surface area contributed by atoms with E-state index in [-0.39, 0.29) is 22.7 Å². The molecule has 0 spiro atoms. The number of amides is 2. The van der Waals surface area contributed by atoms with Crippen molar-refractivity contribution in [3.05, 3.63) is 70.8 Å². The van der Waals surface area contributed by atoms with Crippen LogP contribution < -0.4 is 44.2 Å². The fourth-order valence-corrected chi connectivity index (χ4v) is 6.34. The molecule has 0 aromatic heterocycles. The van der Waals surface area contributed by atoms with Gasteiger partial charge in [-0.25, -0.2) is 0 Å². The van der Waals surface area contributed by atoms with Crippen LogP contribution in [0.1, 0.15) is 73.4 Å². The summed E-state index contributed by atoms with van der Waals surface area (Å²) in [5.74, 6) is 0.0916. The molecule has 0 radical (unpaired) electrons. The first-order chi connectivity index (χ1) is 22.4. The van der Waals surface area contributed by atoms with Crippen molar-refractivity contribution in [2.75, 3.05) is 46.7 Å². The van der Waals surface area contributed by atoms with Crippen LogP contribution in [0.3, 0.4) is 0 Å². The van der Waals surface area contributed by atoms with Crippen LogP contribution in [-0.2, 0) is 10.8 Å². The van der Waals surface area contributed by atoms with E-state index < -0.39 is 11.8 Å². The summed E-state index contributed by atoms with van der Waals surface area (Å²) < 4.78 is 0. The van der Waals surface area contributed by atoms with Gasteiger partial charge < -0.3 is 44.2 Å². The third kappa shape index (κ3) is 10.7. The van der Waals surface area contributed by atoms with Gasteiger partial charge >= 0.3 is 0 Å². The van der Waals surface area contributed by atoms with E-state index in [2.05, 4.69) is 62.8 Å². The minimum atomic E-state index is -0.396. The zero-order valence-electron chi connectivity index (χ0n) is 28.4. The highest BCUT2D eigenvalue weighted by atomic mass is 32.2. The number of benzene rings is 3. The molecule has 2 amide bonds. The second-order valence-electron chi connectivity index (χ2n) is 13.3. The molecule has 258 valence electrons. The number of thioether (sulfide) groups is 2. The summed E-state index contributed by atoms with van der Waals surface area (Å²) in [5.41, 5.74) is 28.0. The fraction of sp³-hybridized carbons (Fsp3) is 0.353. The Hall–Kier alpha value is -4.56. The summed E-state index contributed by atoms with van der Waals surface area (Å²) in [6.45, 7) is 13.3. The molecular formula is C34H48N10O2S2. The summed E-state index contributed by atoms with van der Waals surface area (Å²) >= 11 is 2.89. The second-order valence-corrected chi connectivity index (χ2v) is 15.5. The van der Waals surface area contributed by atoms with Crippen LogP contribution in [0.15, 0.2) is 58.3 Å². The lowest BCUT2D eigenvalue weighted by atomic mass is 9.86. The van der Waals surface area contributed by atoms with Gasteiger partial charge in [0.05, 0.1) is 21.2 Å². The number of nitrogens with one attached hydrogen (secondary N) is 6. The number of nitrogens with two attached hydrogens (primary N) is 4. The average Bonchev–Trinajstić information content (AvgIpc) is 2.98. The van der Waals surface area contributed by atoms with Gasteiger partial charge in [-0.1, -0.05) is 47.6 Å². The predicted octanol–water partition coefficient (Wildman–Crippen LogP) is 5.10. The molecule has 3 aromatic carbocycles. The molecule has 14 heteroatoms. The smallest absolute Gasteiger partial charge is 0.255 e. The van der Waals surface area contributed by atoms with Crippen LogP contribution in [0, 0.1) is 10.8 Å². The molecule has 0 aliphatic carbocycles. The molecule has 3 rings (SSSR count). The molecule has 48 heavy (non-hydrogen) atoms. The summed E-state index contributed by atoms with van der Waals surface area (Å²) in [4.78, 5) is 28.7. The minimum Gasteiger partial charge on any atom is -0.398 e. The lowest BCUT2D eigenvalue weighted by molar-refractivity contribution is 0.102. The van der Waals surface area contributed by atoms with E-state index >= 15 is 0 Å². The molecule has 12 nitrogen and oxygen atoms in total. The number of hydrogen-bond donors (Lipinski definition) is 10. The molecule has 0 saturated carbocycles. The SMILES string of the molecule is CC(C)(C)c1cc(N)c(SCCNC(=N)N)c(NC(=O)c2cccc(C(=O)Nc3cc(C(C)(C)C)cc(N)c3SCCNC(=N)N)c2)c1. The maximum atomic E-state index is 13.6. The Kier molecular flexibility index (Phi) is 12.7. The van der Waals surface area contributed by atoms with Gasteiger partial charge in [0.1, 0.15) is 0 Å². The quantitative estimate of drug-likeness (QED) is 0.0396. The van der Waals surface area contributed by atoms with Crippen LogP contribution in [0.2, 0.25) is 0 Å². The number of carbonyl (C=O) groups excluding carboxylic acids is 2. The minimum absolute atomic E-state index is 0.119. The normalized spacial score (nSPS) is 11.5. The molecule has 3 aromatic rings. The van der Waals surface area contributed by atoms with Crippen LogP contribution in [0.4, 0.5) is 22.7 Å². The van der Waals surface area contributed by atoms with Gasteiger partial charge in [-0.3, -0.25) is 20.4 Å². The largest absolute Gasteiger partial charge is 0.398 e. The van der Waals surface area contributed by atoms with Crippen molar-refractivity contribution in [2.24, 2.45) is 11.5 Å². The van der Waals surface area contributed by atoms with E-state index in [1.54, 1.807) is 24.3 Å². The van der Waals surface area contributed by atoms with Gasteiger partial charge in [0, 0.05) is 47.1 Å². The highest BCUT2D eigenvalue weighted by molar-refractivity contribution is 7.99. The summed E-state index contributed by atoms with van der Waals surface area (Å²) in [7, 11) is 0. The Bertz CT molecular complexity index is 1560. The number of guanidine groups is 2. The lowest BCUT2D eigenvalue weighted by Gasteiger charge is -2.23. The molecule has 0 atom stereocenters. The Balaban J connectivity index is 1.90. The summed E-state index contributed by atoms with van der Waals surface area (Å²) in [6, 6.07) is 14.2. The van der Waals surface area contributed by atoms with E-state index in [4.69, 9.17) is 33.8 Å². The number of nitrogen functional groups attached to an aromatic ring is 2. The van der Waals surface area contributed by atoms with Crippen molar-refractivity contribution in [1.29, 1.82) is 10.8 Å². The predicted molar refractivity (Wildman–Crippen MR) is 203 cm³/mol. The molecule has 0 fully saturated rings. The van der Waals surface area contributed by atoms with E-state index in [1.165, 1.54) is 23.5 Å². The first-order valence-corrected chi connectivity index (χ1v) is 17.4. The highest BCUT2D eigenvalue weighted by Crippen LogP contribution is 2.39. The molecule has 0 unspecified atom stereocenters. The number of rotatable bonds is 12. The van der Waals surface area contributed by atoms with Gasteiger partial charge in [0.15, 0.2) is 11.9 Å². The third-order valence-electron chi connectivity index (χ3n) is 7.18.